The molecule has 0 saturated carbocycles. The molecule has 1 aromatic heterocycles. The highest BCUT2D eigenvalue weighted by molar-refractivity contribution is 6.07. The van der Waals surface area contributed by atoms with Gasteiger partial charge in [0, 0.05) is 0 Å². The Balaban J connectivity index is 2.18. The molecule has 1 amide bonds. The molecule has 0 aliphatic heterocycles. The maximum absolute atomic E-state index is 13.9. The number of carboxylic acid groups (broad SMARTS) is 1. The van der Waals surface area contributed by atoms with Crippen LogP contribution in [0.2, 0.25) is 0 Å². The second-order valence-corrected chi connectivity index (χ2v) is 7.33. The first kappa shape index (κ1) is 27.3. The Morgan fingerprint density at radius 1 is 0.946 bits per heavy atom. The Kier molecular flexibility index (Phi) is 7.62. The zero-order valence-electron chi connectivity index (χ0n) is 18.6. The molecule has 0 fully saturated rings. The maximum Gasteiger partial charge on any atom is 0.417 e. The number of aromatic carboxylic acids is 1. The topological polar surface area (TPSA) is 118 Å². The summed E-state index contributed by atoms with van der Waals surface area (Å²) in [5.41, 5.74) is -5.30. The predicted molar refractivity (Wildman–Crippen MR) is 115 cm³/mol. The molecular weight excluding hydrogens is 514 g/mol. The van der Waals surface area contributed by atoms with Crippen LogP contribution in [0.1, 0.15) is 37.5 Å². The molecule has 0 saturated heterocycles. The molecule has 8 nitrogen and oxygen atoms in total. The van der Waals surface area contributed by atoms with Gasteiger partial charge in [-0.05, 0) is 42.0 Å². The van der Waals surface area contributed by atoms with E-state index in [9.17, 15) is 41.0 Å². The summed E-state index contributed by atoms with van der Waals surface area (Å²) >= 11 is 0. The van der Waals surface area contributed by atoms with Crippen LogP contribution in [-0.4, -0.2) is 34.2 Å². The number of alkyl halides is 6. The molecule has 3 N–H and O–H groups in total. The number of carboxylic acids is 1. The monoisotopic (exact) mass is 530 g/mol. The van der Waals surface area contributed by atoms with Gasteiger partial charge in [-0.1, -0.05) is 6.07 Å². The molecule has 0 aliphatic carbocycles. The van der Waals surface area contributed by atoms with E-state index in [4.69, 9.17) is 14.6 Å². The molecule has 0 radical (unpaired) electrons. The number of hydrogen-bond donors (Lipinski definition) is 3. The Bertz CT molecular complexity index is 1320. The Morgan fingerprint density at radius 3 is 2.16 bits per heavy atom. The summed E-state index contributed by atoms with van der Waals surface area (Å²) in [6.45, 7) is -0.444. The number of benzene rings is 2. The van der Waals surface area contributed by atoms with Gasteiger partial charge in [0.15, 0.2) is 11.5 Å². The van der Waals surface area contributed by atoms with Gasteiger partial charge in [-0.2, -0.15) is 26.3 Å². The Morgan fingerprint density at radius 2 is 1.65 bits per heavy atom. The zero-order valence-corrected chi connectivity index (χ0v) is 18.6. The van der Waals surface area contributed by atoms with Crippen molar-refractivity contribution in [3.8, 4) is 17.2 Å². The second-order valence-electron chi connectivity index (χ2n) is 7.33. The Labute approximate surface area is 204 Å². The standard InChI is InChI=1S/C23H16F6N2O6/c1-36-17-6-11(10-32)2-5-16(17)37-18-8-12(22(24,25)26)7-14(23(27,28)29)19(18)20(33)31-13-3-4-15(21(34)35)30-9-13/h2-9,32H,10H2,1H3,(H,31,33)(H,34,35). The van der Waals surface area contributed by atoms with Crippen LogP contribution in [-0.2, 0) is 19.0 Å². The summed E-state index contributed by atoms with van der Waals surface area (Å²) in [6.07, 6.45) is -9.80. The molecule has 0 unspecified atom stereocenters. The first-order valence-corrected chi connectivity index (χ1v) is 10.0. The van der Waals surface area contributed by atoms with Gasteiger partial charge in [0.05, 0.1) is 42.3 Å². The highest BCUT2D eigenvalue weighted by atomic mass is 19.4. The van der Waals surface area contributed by atoms with Crippen LogP contribution in [0.25, 0.3) is 0 Å². The van der Waals surface area contributed by atoms with Crippen molar-refractivity contribution in [2.24, 2.45) is 0 Å². The van der Waals surface area contributed by atoms with Crippen LogP contribution in [0.5, 0.6) is 17.2 Å². The number of nitrogens with one attached hydrogen (secondary N) is 1. The third-order valence-electron chi connectivity index (χ3n) is 4.83. The number of hydrogen-bond acceptors (Lipinski definition) is 6. The fourth-order valence-corrected chi connectivity index (χ4v) is 3.12. The average molecular weight is 530 g/mol. The summed E-state index contributed by atoms with van der Waals surface area (Å²) in [5.74, 6) is -4.49. The fraction of sp³-hybridized carbons (Fsp3) is 0.174. The number of rotatable bonds is 7. The van der Waals surface area contributed by atoms with E-state index in [2.05, 4.69) is 4.98 Å². The molecule has 37 heavy (non-hydrogen) atoms. The molecule has 0 bridgehead atoms. The number of halogens is 6. The minimum Gasteiger partial charge on any atom is -0.493 e. The highest BCUT2D eigenvalue weighted by Crippen LogP contribution is 2.44. The Hall–Kier alpha value is -4.33. The summed E-state index contributed by atoms with van der Waals surface area (Å²) in [6, 6.07) is 5.65. The number of carbonyl (C=O) groups is 2. The molecular formula is C23H16F6N2O6. The first-order chi connectivity index (χ1) is 17.2. The lowest BCUT2D eigenvalue weighted by molar-refractivity contribution is -0.143. The van der Waals surface area contributed by atoms with Crippen molar-refractivity contribution in [3.63, 3.8) is 0 Å². The summed E-state index contributed by atoms with van der Waals surface area (Å²) in [5, 5.41) is 20.2. The SMILES string of the molecule is COc1cc(CO)ccc1Oc1cc(C(F)(F)F)cc(C(F)(F)F)c1C(=O)Nc1ccc(C(=O)O)nc1. The van der Waals surface area contributed by atoms with Gasteiger partial charge in [-0.3, -0.25) is 4.79 Å². The quantitative estimate of drug-likeness (QED) is 0.352. The third-order valence-corrected chi connectivity index (χ3v) is 4.83. The van der Waals surface area contributed by atoms with Crippen molar-refractivity contribution < 1.29 is 55.6 Å². The highest BCUT2D eigenvalue weighted by Gasteiger charge is 2.42. The fourth-order valence-electron chi connectivity index (χ4n) is 3.12. The van der Waals surface area contributed by atoms with Crippen molar-refractivity contribution >= 4 is 17.6 Å². The van der Waals surface area contributed by atoms with Gasteiger partial charge in [-0.15, -0.1) is 0 Å². The number of amides is 1. The van der Waals surface area contributed by atoms with Crippen LogP contribution < -0.4 is 14.8 Å². The van der Waals surface area contributed by atoms with Gasteiger partial charge in [-0.25, -0.2) is 9.78 Å². The van der Waals surface area contributed by atoms with E-state index in [1.165, 1.54) is 12.1 Å². The van der Waals surface area contributed by atoms with Gasteiger partial charge in [0.2, 0.25) is 0 Å². The van der Waals surface area contributed by atoms with E-state index in [1.54, 1.807) is 0 Å². The van der Waals surface area contributed by atoms with Crippen LogP contribution in [0, 0.1) is 0 Å². The van der Waals surface area contributed by atoms with Crippen molar-refractivity contribution in [2.45, 2.75) is 19.0 Å². The van der Waals surface area contributed by atoms with Crippen LogP contribution in [0.4, 0.5) is 32.0 Å². The van der Waals surface area contributed by atoms with Crippen molar-refractivity contribution in [2.75, 3.05) is 12.4 Å². The van der Waals surface area contributed by atoms with E-state index in [-0.39, 0.29) is 29.3 Å². The smallest absolute Gasteiger partial charge is 0.417 e. The van der Waals surface area contributed by atoms with E-state index >= 15 is 0 Å². The van der Waals surface area contributed by atoms with Crippen molar-refractivity contribution in [3.05, 3.63) is 76.6 Å². The molecule has 14 heteroatoms. The number of anilines is 1. The summed E-state index contributed by atoms with van der Waals surface area (Å²) < 4.78 is 92.5. The van der Waals surface area contributed by atoms with E-state index < -0.39 is 59.0 Å². The van der Waals surface area contributed by atoms with E-state index in [0.717, 1.165) is 31.5 Å². The normalized spacial score (nSPS) is 11.7. The van der Waals surface area contributed by atoms with Crippen LogP contribution in [0.15, 0.2) is 48.7 Å². The summed E-state index contributed by atoms with van der Waals surface area (Å²) in [7, 11) is 1.15. The minimum atomic E-state index is -5.41. The molecule has 196 valence electrons. The van der Waals surface area contributed by atoms with Gasteiger partial charge < -0.3 is 25.0 Å². The van der Waals surface area contributed by atoms with Crippen molar-refractivity contribution in [1.82, 2.24) is 4.98 Å². The number of pyridine rings is 1. The first-order valence-electron chi connectivity index (χ1n) is 10.0. The van der Waals surface area contributed by atoms with Gasteiger partial charge >= 0.3 is 18.3 Å². The lowest BCUT2D eigenvalue weighted by Gasteiger charge is -2.20. The van der Waals surface area contributed by atoms with Crippen molar-refractivity contribution in [1.29, 1.82) is 0 Å². The van der Waals surface area contributed by atoms with Crippen LogP contribution >= 0.6 is 0 Å². The number of methoxy groups -OCH3 is 1. The largest absolute Gasteiger partial charge is 0.493 e. The molecule has 0 spiro atoms. The zero-order chi connectivity index (χ0) is 27.5. The lowest BCUT2D eigenvalue weighted by atomic mass is 10.0. The number of ether oxygens (including phenoxy) is 2. The van der Waals surface area contributed by atoms with Crippen LogP contribution in [0.3, 0.4) is 0 Å². The number of aromatic nitrogens is 1. The molecule has 0 aliphatic rings. The lowest BCUT2D eigenvalue weighted by Crippen LogP contribution is -2.21. The molecule has 2 aromatic carbocycles. The van der Waals surface area contributed by atoms with E-state index in [1.807, 2.05) is 5.32 Å². The molecule has 0 atom stereocenters. The van der Waals surface area contributed by atoms with Gasteiger partial charge in [0.25, 0.3) is 5.91 Å². The number of nitrogens with zero attached hydrogens (tertiary/aromatic N) is 1. The number of aliphatic hydroxyl groups excluding tert-OH is 1. The van der Waals surface area contributed by atoms with Gasteiger partial charge in [0.1, 0.15) is 11.4 Å². The summed E-state index contributed by atoms with van der Waals surface area (Å²) in [4.78, 5) is 27.4. The predicted octanol–water partition coefficient (Wildman–Crippen LogP) is 5.36. The molecule has 1 heterocycles. The van der Waals surface area contributed by atoms with E-state index in [0.29, 0.717) is 5.56 Å². The molecule has 3 aromatic rings. The second kappa shape index (κ2) is 10.3. The minimum absolute atomic E-state index is 0.141. The number of aliphatic hydroxyl groups is 1. The number of carbonyl (C=O) groups excluding carboxylic acids is 1. The third kappa shape index (κ3) is 6.27. The molecule has 3 rings (SSSR count). The average Bonchev–Trinajstić information content (AvgIpc) is 2.82. The maximum atomic E-state index is 13.9.